The summed E-state index contributed by atoms with van der Waals surface area (Å²) in [5.41, 5.74) is 6.87. The zero-order chi connectivity index (χ0) is 15.4. The van der Waals surface area contributed by atoms with Crippen LogP contribution in [0.15, 0.2) is 40.9 Å². The molecule has 0 aliphatic carbocycles. The standard InChI is InChI=1S/C15H14BrClN2O2/c1-20-10-5-6-11(16)9(7-10)8-21-13-4-2-3-12(17)14(13)15(18)19/h2-7H,8H2,1H3,(H3,18,19). The van der Waals surface area contributed by atoms with E-state index in [9.17, 15) is 0 Å². The molecule has 0 heterocycles. The predicted octanol–water partition coefficient (Wildman–Crippen LogP) is 3.97. The lowest BCUT2D eigenvalue weighted by Gasteiger charge is -2.13. The second-order valence-corrected chi connectivity index (χ2v) is 5.53. The van der Waals surface area contributed by atoms with Gasteiger partial charge in [0.25, 0.3) is 0 Å². The highest BCUT2D eigenvalue weighted by Gasteiger charge is 2.12. The van der Waals surface area contributed by atoms with Crippen LogP contribution in [0.1, 0.15) is 11.1 Å². The van der Waals surface area contributed by atoms with Crippen LogP contribution in [0.2, 0.25) is 5.02 Å². The van der Waals surface area contributed by atoms with Crippen LogP contribution in [0.4, 0.5) is 0 Å². The molecule has 6 heteroatoms. The molecule has 0 bridgehead atoms. The van der Waals surface area contributed by atoms with Crippen LogP contribution in [-0.2, 0) is 6.61 Å². The van der Waals surface area contributed by atoms with Crippen LogP contribution < -0.4 is 15.2 Å². The molecule has 0 aromatic heterocycles. The number of hydrogen-bond acceptors (Lipinski definition) is 3. The fourth-order valence-electron chi connectivity index (χ4n) is 1.83. The third-order valence-corrected chi connectivity index (χ3v) is 3.97. The van der Waals surface area contributed by atoms with Crippen LogP contribution in [0.5, 0.6) is 11.5 Å². The third-order valence-electron chi connectivity index (χ3n) is 2.88. The highest BCUT2D eigenvalue weighted by atomic mass is 79.9. The molecular weight excluding hydrogens is 356 g/mol. The van der Waals surface area contributed by atoms with Crippen molar-refractivity contribution in [3.63, 3.8) is 0 Å². The number of nitrogen functional groups attached to an aromatic ring is 1. The van der Waals surface area contributed by atoms with Gasteiger partial charge >= 0.3 is 0 Å². The van der Waals surface area contributed by atoms with Crippen molar-refractivity contribution in [1.29, 1.82) is 5.41 Å². The second kappa shape index (κ2) is 6.83. The van der Waals surface area contributed by atoms with E-state index in [4.69, 9.17) is 32.2 Å². The van der Waals surface area contributed by atoms with Gasteiger partial charge in [-0.15, -0.1) is 0 Å². The normalized spacial score (nSPS) is 10.2. The molecule has 0 radical (unpaired) electrons. The molecule has 0 aliphatic heterocycles. The van der Waals surface area contributed by atoms with Gasteiger partial charge in [-0.05, 0) is 30.3 Å². The monoisotopic (exact) mass is 368 g/mol. The molecule has 21 heavy (non-hydrogen) atoms. The lowest BCUT2D eigenvalue weighted by molar-refractivity contribution is 0.304. The molecule has 0 aliphatic rings. The Kier molecular flexibility index (Phi) is 5.09. The fraction of sp³-hybridized carbons (Fsp3) is 0.133. The van der Waals surface area contributed by atoms with Gasteiger partial charge in [0.1, 0.15) is 23.9 Å². The van der Waals surface area contributed by atoms with E-state index in [1.165, 1.54) is 0 Å². The maximum Gasteiger partial charge on any atom is 0.132 e. The molecule has 3 N–H and O–H groups in total. The highest BCUT2D eigenvalue weighted by molar-refractivity contribution is 9.10. The number of ether oxygens (including phenoxy) is 2. The Morgan fingerprint density at radius 2 is 2.10 bits per heavy atom. The molecule has 0 spiro atoms. The summed E-state index contributed by atoms with van der Waals surface area (Å²) in [6, 6.07) is 10.8. The minimum Gasteiger partial charge on any atom is -0.497 e. The van der Waals surface area contributed by atoms with E-state index in [1.807, 2.05) is 18.2 Å². The lowest BCUT2D eigenvalue weighted by atomic mass is 10.2. The van der Waals surface area contributed by atoms with Crippen LogP contribution >= 0.6 is 27.5 Å². The van der Waals surface area contributed by atoms with E-state index in [2.05, 4.69) is 15.9 Å². The molecular formula is C15H14BrClN2O2. The smallest absolute Gasteiger partial charge is 0.132 e. The van der Waals surface area contributed by atoms with Crippen LogP contribution in [0.3, 0.4) is 0 Å². The molecule has 110 valence electrons. The van der Waals surface area contributed by atoms with Crippen molar-refractivity contribution in [3.8, 4) is 11.5 Å². The maximum atomic E-state index is 7.59. The molecule has 2 aromatic rings. The van der Waals surface area contributed by atoms with Gasteiger partial charge in [-0.25, -0.2) is 0 Å². The number of amidine groups is 1. The number of methoxy groups -OCH3 is 1. The minimum atomic E-state index is -0.125. The third kappa shape index (κ3) is 3.68. The van der Waals surface area contributed by atoms with Crippen molar-refractivity contribution >= 4 is 33.4 Å². The first-order valence-corrected chi connectivity index (χ1v) is 7.28. The molecule has 0 fully saturated rings. The molecule has 0 saturated carbocycles. The summed E-state index contributed by atoms with van der Waals surface area (Å²) < 4.78 is 11.9. The summed E-state index contributed by atoms with van der Waals surface area (Å²) in [4.78, 5) is 0. The fourth-order valence-corrected chi connectivity index (χ4v) is 2.46. The van der Waals surface area contributed by atoms with Gasteiger partial charge < -0.3 is 15.2 Å². The number of halogens is 2. The molecule has 2 rings (SSSR count). The van der Waals surface area contributed by atoms with E-state index in [1.54, 1.807) is 25.3 Å². The van der Waals surface area contributed by atoms with Gasteiger partial charge in [0.15, 0.2) is 0 Å². The number of hydrogen-bond donors (Lipinski definition) is 2. The Labute approximate surface area is 136 Å². The van der Waals surface area contributed by atoms with Gasteiger partial charge in [0.2, 0.25) is 0 Å². The van der Waals surface area contributed by atoms with Crippen LogP contribution in [-0.4, -0.2) is 12.9 Å². The Balaban J connectivity index is 2.25. The van der Waals surface area contributed by atoms with Gasteiger partial charge in [0.05, 0.1) is 17.7 Å². The summed E-state index contributed by atoms with van der Waals surface area (Å²) in [6.45, 7) is 0.304. The predicted molar refractivity (Wildman–Crippen MR) is 87.5 cm³/mol. The Morgan fingerprint density at radius 3 is 2.76 bits per heavy atom. The van der Waals surface area contributed by atoms with E-state index in [0.717, 1.165) is 15.8 Å². The zero-order valence-corrected chi connectivity index (χ0v) is 13.7. The summed E-state index contributed by atoms with van der Waals surface area (Å²) in [7, 11) is 1.61. The van der Waals surface area contributed by atoms with E-state index in [0.29, 0.717) is 22.9 Å². The molecule has 0 atom stereocenters. The Hall–Kier alpha value is -1.72. The SMILES string of the molecule is COc1ccc(Br)c(COc2cccc(Cl)c2C(=N)N)c1. The van der Waals surface area contributed by atoms with Crippen molar-refractivity contribution in [2.24, 2.45) is 5.73 Å². The molecule has 0 unspecified atom stereocenters. The number of nitrogens with two attached hydrogens (primary N) is 1. The van der Waals surface area contributed by atoms with Crippen molar-refractivity contribution < 1.29 is 9.47 Å². The van der Waals surface area contributed by atoms with Crippen LogP contribution in [0.25, 0.3) is 0 Å². The summed E-state index contributed by atoms with van der Waals surface area (Å²) >= 11 is 9.52. The zero-order valence-electron chi connectivity index (χ0n) is 11.3. The minimum absolute atomic E-state index is 0.125. The number of rotatable bonds is 5. The maximum absolute atomic E-state index is 7.59. The van der Waals surface area contributed by atoms with E-state index < -0.39 is 0 Å². The molecule has 2 aromatic carbocycles. The second-order valence-electron chi connectivity index (χ2n) is 4.27. The molecule has 0 saturated heterocycles. The number of nitrogens with one attached hydrogen (secondary N) is 1. The first-order valence-electron chi connectivity index (χ1n) is 6.11. The van der Waals surface area contributed by atoms with Crippen molar-refractivity contribution in [3.05, 3.63) is 57.0 Å². The van der Waals surface area contributed by atoms with Gasteiger partial charge in [0, 0.05) is 10.0 Å². The Bertz CT molecular complexity index is 677. The van der Waals surface area contributed by atoms with Gasteiger partial charge in [-0.1, -0.05) is 33.6 Å². The molecule has 0 amide bonds. The van der Waals surface area contributed by atoms with Crippen molar-refractivity contribution in [1.82, 2.24) is 0 Å². The number of benzene rings is 2. The average molecular weight is 370 g/mol. The average Bonchev–Trinajstić information content (AvgIpc) is 2.46. The summed E-state index contributed by atoms with van der Waals surface area (Å²) in [5.74, 6) is 1.10. The summed E-state index contributed by atoms with van der Waals surface area (Å²) in [6.07, 6.45) is 0. The summed E-state index contributed by atoms with van der Waals surface area (Å²) in [5, 5.41) is 7.98. The highest BCUT2D eigenvalue weighted by Crippen LogP contribution is 2.28. The lowest BCUT2D eigenvalue weighted by Crippen LogP contribution is -2.14. The van der Waals surface area contributed by atoms with E-state index >= 15 is 0 Å². The van der Waals surface area contributed by atoms with Crippen LogP contribution in [0, 0.1) is 5.41 Å². The molecule has 4 nitrogen and oxygen atoms in total. The first kappa shape index (κ1) is 15.7. The quantitative estimate of drug-likeness (QED) is 0.619. The largest absolute Gasteiger partial charge is 0.497 e. The topological polar surface area (TPSA) is 68.3 Å². The van der Waals surface area contributed by atoms with Crippen molar-refractivity contribution in [2.75, 3.05) is 7.11 Å². The van der Waals surface area contributed by atoms with Crippen molar-refractivity contribution in [2.45, 2.75) is 6.61 Å². The Morgan fingerprint density at radius 1 is 1.33 bits per heavy atom. The van der Waals surface area contributed by atoms with Gasteiger partial charge in [-0.2, -0.15) is 0 Å². The van der Waals surface area contributed by atoms with E-state index in [-0.39, 0.29) is 5.84 Å². The van der Waals surface area contributed by atoms with Gasteiger partial charge in [-0.3, -0.25) is 5.41 Å². The first-order chi connectivity index (χ1) is 10.0.